The van der Waals surface area contributed by atoms with E-state index >= 15 is 0 Å². The summed E-state index contributed by atoms with van der Waals surface area (Å²) in [6.07, 6.45) is 0.974. The second-order valence-electron chi connectivity index (χ2n) is 5.08. The molecule has 0 fully saturated rings. The van der Waals surface area contributed by atoms with Crippen molar-refractivity contribution in [3.8, 4) is 0 Å². The second-order valence-corrected chi connectivity index (χ2v) is 5.08. The van der Waals surface area contributed by atoms with Gasteiger partial charge in [0.15, 0.2) is 0 Å². The largest absolute Gasteiger partial charge is 0.399 e. The Labute approximate surface area is 116 Å². The van der Waals surface area contributed by atoms with Crippen molar-refractivity contribution in [3.05, 3.63) is 65.0 Å². The zero-order chi connectivity index (χ0) is 14.1. The van der Waals surface area contributed by atoms with Crippen molar-refractivity contribution in [1.82, 2.24) is 5.32 Å². The molecule has 4 heteroatoms. The first kappa shape index (κ1) is 12.7. The van der Waals surface area contributed by atoms with Gasteiger partial charge in [0, 0.05) is 23.7 Å². The quantitative estimate of drug-likeness (QED) is 0.842. The predicted octanol–water partition coefficient (Wildman–Crippen LogP) is 2.48. The third kappa shape index (κ3) is 2.37. The summed E-state index contributed by atoms with van der Waals surface area (Å²) >= 11 is 0. The summed E-state index contributed by atoms with van der Waals surface area (Å²) in [6, 6.07) is 12.1. The Kier molecular flexibility index (Phi) is 3.14. The highest BCUT2D eigenvalue weighted by atomic mass is 19.1. The van der Waals surface area contributed by atoms with Gasteiger partial charge >= 0.3 is 0 Å². The zero-order valence-corrected chi connectivity index (χ0v) is 10.9. The van der Waals surface area contributed by atoms with E-state index in [0.29, 0.717) is 12.5 Å². The van der Waals surface area contributed by atoms with Crippen molar-refractivity contribution in [3.63, 3.8) is 0 Å². The van der Waals surface area contributed by atoms with Crippen molar-refractivity contribution < 1.29 is 9.18 Å². The summed E-state index contributed by atoms with van der Waals surface area (Å²) in [7, 11) is 0. The lowest BCUT2D eigenvalue weighted by atomic mass is 9.77. The van der Waals surface area contributed by atoms with Crippen LogP contribution in [0.4, 0.5) is 10.1 Å². The topological polar surface area (TPSA) is 55.1 Å². The van der Waals surface area contributed by atoms with Gasteiger partial charge in [-0.3, -0.25) is 4.79 Å². The lowest BCUT2D eigenvalue weighted by molar-refractivity contribution is 0.0949. The molecule has 0 aromatic heterocycles. The van der Waals surface area contributed by atoms with Crippen molar-refractivity contribution in [1.29, 1.82) is 0 Å². The molecule has 1 aliphatic carbocycles. The van der Waals surface area contributed by atoms with E-state index < -0.39 is 5.82 Å². The molecule has 20 heavy (non-hydrogen) atoms. The number of benzene rings is 2. The van der Waals surface area contributed by atoms with Crippen LogP contribution < -0.4 is 11.1 Å². The molecule has 0 aliphatic heterocycles. The molecule has 1 atom stereocenters. The highest BCUT2D eigenvalue weighted by Gasteiger charge is 2.25. The monoisotopic (exact) mass is 270 g/mol. The number of hydrogen-bond donors (Lipinski definition) is 2. The molecule has 3 N–H and O–H groups in total. The van der Waals surface area contributed by atoms with Crippen molar-refractivity contribution in [2.45, 2.75) is 12.3 Å². The highest BCUT2D eigenvalue weighted by Crippen LogP contribution is 2.34. The van der Waals surface area contributed by atoms with E-state index in [0.717, 1.165) is 6.42 Å². The Hall–Kier alpha value is -2.36. The van der Waals surface area contributed by atoms with Crippen molar-refractivity contribution in [2.24, 2.45) is 0 Å². The minimum atomic E-state index is -0.496. The Bertz CT molecular complexity index is 649. The SMILES string of the molecule is Nc1cc(F)cc(C(=O)NCC2Cc3ccccc32)c1. The second kappa shape index (κ2) is 4.96. The standard InChI is InChI=1S/C16H15FN2O/c17-13-6-11(7-14(18)8-13)16(20)19-9-12-5-10-3-1-2-4-15(10)12/h1-4,6-8,12H,5,9,18H2,(H,19,20). The van der Waals surface area contributed by atoms with Crippen LogP contribution in [-0.2, 0) is 6.42 Å². The number of carbonyl (C=O) groups is 1. The van der Waals surface area contributed by atoms with E-state index in [4.69, 9.17) is 5.73 Å². The summed E-state index contributed by atoms with van der Waals surface area (Å²) in [5, 5.41) is 2.84. The first-order valence-corrected chi connectivity index (χ1v) is 6.55. The maximum atomic E-state index is 13.2. The molecule has 0 saturated carbocycles. The van der Waals surface area contributed by atoms with Gasteiger partial charge in [0.2, 0.25) is 0 Å². The number of nitrogens with one attached hydrogen (secondary N) is 1. The molecule has 0 spiro atoms. The van der Waals surface area contributed by atoms with Gasteiger partial charge in [-0.15, -0.1) is 0 Å². The van der Waals surface area contributed by atoms with Crippen molar-refractivity contribution in [2.75, 3.05) is 12.3 Å². The van der Waals surface area contributed by atoms with Crippen LogP contribution in [0.15, 0.2) is 42.5 Å². The van der Waals surface area contributed by atoms with Crippen LogP contribution in [0.5, 0.6) is 0 Å². The van der Waals surface area contributed by atoms with Gasteiger partial charge in [-0.2, -0.15) is 0 Å². The summed E-state index contributed by atoms with van der Waals surface area (Å²) in [6.45, 7) is 0.562. The maximum absolute atomic E-state index is 13.2. The highest BCUT2D eigenvalue weighted by molar-refractivity contribution is 5.95. The normalized spacial score (nSPS) is 16.1. The Morgan fingerprint density at radius 1 is 1.30 bits per heavy atom. The summed E-state index contributed by atoms with van der Waals surface area (Å²) in [5.74, 6) is -0.439. The number of hydrogen-bond acceptors (Lipinski definition) is 2. The molecule has 0 heterocycles. The van der Waals surface area contributed by atoms with Gasteiger partial charge < -0.3 is 11.1 Å². The third-order valence-electron chi connectivity index (χ3n) is 3.65. The van der Waals surface area contributed by atoms with Crippen LogP contribution in [0.25, 0.3) is 0 Å². The van der Waals surface area contributed by atoms with Gasteiger partial charge in [0.1, 0.15) is 5.82 Å². The molecule has 3 nitrogen and oxygen atoms in total. The minimum absolute atomic E-state index is 0.254. The van der Waals surface area contributed by atoms with E-state index in [1.54, 1.807) is 0 Å². The number of fused-ring (bicyclic) bond motifs is 1. The lowest BCUT2D eigenvalue weighted by Crippen LogP contribution is -2.33. The van der Waals surface area contributed by atoms with E-state index in [1.165, 1.54) is 29.3 Å². The third-order valence-corrected chi connectivity index (χ3v) is 3.65. The first-order chi connectivity index (χ1) is 9.63. The number of carbonyl (C=O) groups excluding carboxylic acids is 1. The molecule has 2 aromatic rings. The Morgan fingerprint density at radius 2 is 2.10 bits per heavy atom. The molecule has 0 saturated heterocycles. The average Bonchev–Trinajstić information content (AvgIpc) is 2.38. The molecule has 3 rings (SSSR count). The fraction of sp³-hybridized carbons (Fsp3) is 0.188. The minimum Gasteiger partial charge on any atom is -0.399 e. The van der Waals surface area contributed by atoms with Gasteiger partial charge in [-0.05, 0) is 35.7 Å². The average molecular weight is 270 g/mol. The Balaban J connectivity index is 1.64. The number of nitrogen functional groups attached to an aromatic ring is 1. The summed E-state index contributed by atoms with van der Waals surface area (Å²) in [5.41, 5.74) is 8.67. The number of amides is 1. The van der Waals surface area contributed by atoms with Crippen LogP contribution in [0.3, 0.4) is 0 Å². The summed E-state index contributed by atoms with van der Waals surface area (Å²) < 4.78 is 13.2. The van der Waals surface area contributed by atoms with Gasteiger partial charge in [-0.1, -0.05) is 24.3 Å². The molecule has 1 unspecified atom stereocenters. The molecule has 1 amide bonds. The fourth-order valence-electron chi connectivity index (χ4n) is 2.61. The van der Waals surface area contributed by atoms with Gasteiger partial charge in [0.05, 0.1) is 0 Å². The van der Waals surface area contributed by atoms with Crippen LogP contribution in [0, 0.1) is 5.82 Å². The predicted molar refractivity (Wildman–Crippen MR) is 76.0 cm³/mol. The van der Waals surface area contributed by atoms with Crippen LogP contribution in [0.1, 0.15) is 27.4 Å². The molecule has 0 radical (unpaired) electrons. The number of anilines is 1. The zero-order valence-electron chi connectivity index (χ0n) is 10.9. The van der Waals surface area contributed by atoms with E-state index in [2.05, 4.69) is 17.4 Å². The van der Waals surface area contributed by atoms with Crippen LogP contribution in [-0.4, -0.2) is 12.5 Å². The van der Waals surface area contributed by atoms with E-state index in [1.807, 2.05) is 12.1 Å². The molecule has 2 aromatic carbocycles. The molecular weight excluding hydrogens is 255 g/mol. The van der Waals surface area contributed by atoms with E-state index in [-0.39, 0.29) is 17.2 Å². The summed E-state index contributed by atoms with van der Waals surface area (Å²) in [4.78, 5) is 12.0. The van der Waals surface area contributed by atoms with Crippen molar-refractivity contribution >= 4 is 11.6 Å². The van der Waals surface area contributed by atoms with Gasteiger partial charge in [-0.25, -0.2) is 4.39 Å². The number of rotatable bonds is 3. The lowest BCUT2D eigenvalue weighted by Gasteiger charge is -2.30. The Morgan fingerprint density at radius 3 is 2.85 bits per heavy atom. The van der Waals surface area contributed by atoms with Gasteiger partial charge in [0.25, 0.3) is 5.91 Å². The fourth-order valence-corrected chi connectivity index (χ4v) is 2.61. The maximum Gasteiger partial charge on any atom is 0.251 e. The van der Waals surface area contributed by atoms with Crippen LogP contribution in [0.2, 0.25) is 0 Å². The van der Waals surface area contributed by atoms with E-state index in [9.17, 15) is 9.18 Å². The van der Waals surface area contributed by atoms with Crippen LogP contribution >= 0.6 is 0 Å². The molecule has 0 bridgehead atoms. The molecular formula is C16H15FN2O. The number of nitrogens with two attached hydrogens (primary N) is 1. The molecule has 102 valence electrons. The number of halogens is 1. The first-order valence-electron chi connectivity index (χ1n) is 6.55. The smallest absolute Gasteiger partial charge is 0.251 e. The molecule has 1 aliphatic rings.